The first-order valence-electron chi connectivity index (χ1n) is 6.51. The Hall–Kier alpha value is -2.70. The maximum atomic E-state index is 11.0. The monoisotopic (exact) mass is 288 g/mol. The van der Waals surface area contributed by atoms with Crippen molar-refractivity contribution in [3.63, 3.8) is 0 Å². The molecule has 0 bridgehead atoms. The number of benzene rings is 1. The zero-order chi connectivity index (χ0) is 15.4. The number of ether oxygens (including phenoxy) is 1. The van der Waals surface area contributed by atoms with Gasteiger partial charge in [0.15, 0.2) is 0 Å². The Morgan fingerprint density at radius 3 is 2.76 bits per heavy atom. The highest BCUT2D eigenvalue weighted by Gasteiger charge is 2.15. The number of hydrogen-bond donors (Lipinski definition) is 1. The summed E-state index contributed by atoms with van der Waals surface area (Å²) in [4.78, 5) is 18.8. The van der Waals surface area contributed by atoms with Crippen molar-refractivity contribution in [3.05, 3.63) is 45.6 Å². The second kappa shape index (κ2) is 6.17. The predicted octanol–water partition coefficient (Wildman–Crippen LogP) is 3.23. The van der Waals surface area contributed by atoms with E-state index in [0.717, 1.165) is 5.56 Å². The Balaban J connectivity index is 2.33. The van der Waals surface area contributed by atoms with Crippen LogP contribution in [0.3, 0.4) is 0 Å². The summed E-state index contributed by atoms with van der Waals surface area (Å²) in [5.41, 5.74) is 1.43. The highest BCUT2D eigenvalue weighted by molar-refractivity contribution is 5.50. The van der Waals surface area contributed by atoms with Crippen LogP contribution in [0.4, 0.5) is 11.6 Å². The lowest BCUT2D eigenvalue weighted by Gasteiger charge is -2.10. The molecule has 0 amide bonds. The molecule has 2 aromatic rings. The number of nitrogens with one attached hydrogen (secondary N) is 1. The number of rotatable bonds is 5. The van der Waals surface area contributed by atoms with Crippen LogP contribution in [0.15, 0.2) is 24.4 Å². The zero-order valence-electron chi connectivity index (χ0n) is 12.1. The minimum Gasteiger partial charge on any atom is -0.438 e. The number of hydrogen-bond acceptors (Lipinski definition) is 6. The Morgan fingerprint density at radius 1 is 1.33 bits per heavy atom. The van der Waals surface area contributed by atoms with Crippen molar-refractivity contribution in [2.75, 3.05) is 11.9 Å². The maximum absolute atomic E-state index is 11.0. The first-order chi connectivity index (χ1) is 10.0. The van der Waals surface area contributed by atoms with Crippen molar-refractivity contribution < 1.29 is 9.66 Å². The molecule has 7 nitrogen and oxygen atoms in total. The van der Waals surface area contributed by atoms with Crippen LogP contribution in [-0.4, -0.2) is 21.4 Å². The van der Waals surface area contributed by atoms with Gasteiger partial charge in [-0.25, -0.2) is 4.98 Å². The SMILES string of the molecule is CCNc1nccc(Oc2cc([N+](=O)[O-])c(C)cc2C)n1. The molecule has 0 saturated carbocycles. The molecule has 21 heavy (non-hydrogen) atoms. The summed E-state index contributed by atoms with van der Waals surface area (Å²) in [7, 11) is 0. The second-order valence-electron chi connectivity index (χ2n) is 4.51. The standard InChI is InChI=1S/C14H16N4O3/c1-4-15-14-16-6-5-13(17-14)21-12-8-11(18(19)20)9(2)7-10(12)3/h5-8H,4H2,1-3H3,(H,15,16,17). The van der Waals surface area contributed by atoms with Crippen LogP contribution in [0, 0.1) is 24.0 Å². The minimum absolute atomic E-state index is 0.0246. The Morgan fingerprint density at radius 2 is 2.10 bits per heavy atom. The molecule has 1 aromatic heterocycles. The van der Waals surface area contributed by atoms with E-state index in [1.807, 2.05) is 13.8 Å². The molecule has 110 valence electrons. The van der Waals surface area contributed by atoms with Gasteiger partial charge in [-0.05, 0) is 32.4 Å². The summed E-state index contributed by atoms with van der Waals surface area (Å²) in [5, 5.41) is 14.0. The number of nitro groups is 1. The van der Waals surface area contributed by atoms with Crippen LogP contribution in [0.2, 0.25) is 0 Å². The van der Waals surface area contributed by atoms with Gasteiger partial charge in [0.05, 0.1) is 11.0 Å². The molecule has 0 radical (unpaired) electrons. The minimum atomic E-state index is -0.425. The molecule has 0 aliphatic heterocycles. The van der Waals surface area contributed by atoms with Crippen LogP contribution in [0.1, 0.15) is 18.1 Å². The smallest absolute Gasteiger partial charge is 0.276 e. The zero-order valence-corrected chi connectivity index (χ0v) is 12.1. The number of nitrogens with zero attached hydrogens (tertiary/aromatic N) is 3. The Labute approximate surface area is 122 Å². The van der Waals surface area contributed by atoms with Gasteiger partial charge in [-0.3, -0.25) is 10.1 Å². The second-order valence-corrected chi connectivity index (χ2v) is 4.51. The van der Waals surface area contributed by atoms with E-state index in [4.69, 9.17) is 4.74 Å². The molecule has 0 saturated heterocycles. The normalized spacial score (nSPS) is 10.2. The summed E-state index contributed by atoms with van der Waals surface area (Å²) >= 11 is 0. The van der Waals surface area contributed by atoms with Gasteiger partial charge >= 0.3 is 0 Å². The van der Waals surface area contributed by atoms with Crippen LogP contribution in [0.25, 0.3) is 0 Å². The Bertz CT molecular complexity index is 673. The topological polar surface area (TPSA) is 90.2 Å². The molecule has 1 aromatic carbocycles. The summed E-state index contributed by atoms with van der Waals surface area (Å²) in [6.45, 7) is 6.16. The molecule has 0 aliphatic carbocycles. The highest BCUT2D eigenvalue weighted by Crippen LogP contribution is 2.30. The van der Waals surface area contributed by atoms with Gasteiger partial charge in [0, 0.05) is 24.4 Å². The van der Waals surface area contributed by atoms with Crippen LogP contribution in [0.5, 0.6) is 11.6 Å². The van der Waals surface area contributed by atoms with Crippen molar-refractivity contribution >= 4 is 11.6 Å². The summed E-state index contributed by atoms with van der Waals surface area (Å²) in [6, 6.07) is 4.74. The van der Waals surface area contributed by atoms with E-state index in [0.29, 0.717) is 29.7 Å². The third-order valence-electron chi connectivity index (χ3n) is 2.87. The molecule has 1 heterocycles. The number of anilines is 1. The van der Waals surface area contributed by atoms with E-state index in [-0.39, 0.29) is 5.69 Å². The molecular weight excluding hydrogens is 272 g/mol. The lowest BCUT2D eigenvalue weighted by Crippen LogP contribution is -2.02. The fraction of sp³-hybridized carbons (Fsp3) is 0.286. The third-order valence-corrected chi connectivity index (χ3v) is 2.87. The average Bonchev–Trinajstić information content (AvgIpc) is 2.42. The van der Waals surface area contributed by atoms with E-state index < -0.39 is 4.92 Å². The molecular formula is C14H16N4O3. The largest absolute Gasteiger partial charge is 0.438 e. The quantitative estimate of drug-likeness (QED) is 0.671. The molecule has 0 atom stereocenters. The fourth-order valence-corrected chi connectivity index (χ4v) is 1.88. The molecule has 1 N–H and O–H groups in total. The van der Waals surface area contributed by atoms with Crippen molar-refractivity contribution in [1.82, 2.24) is 9.97 Å². The third kappa shape index (κ3) is 3.44. The van der Waals surface area contributed by atoms with Gasteiger partial charge < -0.3 is 10.1 Å². The molecule has 7 heteroatoms. The fourth-order valence-electron chi connectivity index (χ4n) is 1.88. The number of aromatic nitrogens is 2. The molecule has 2 rings (SSSR count). The van der Waals surface area contributed by atoms with Gasteiger partial charge in [0.25, 0.3) is 5.69 Å². The average molecular weight is 288 g/mol. The van der Waals surface area contributed by atoms with Gasteiger partial charge in [0.1, 0.15) is 5.75 Å². The van der Waals surface area contributed by atoms with Crippen LogP contribution >= 0.6 is 0 Å². The molecule has 0 spiro atoms. The summed E-state index contributed by atoms with van der Waals surface area (Å²) in [6.07, 6.45) is 1.57. The number of aryl methyl sites for hydroxylation is 2. The van der Waals surface area contributed by atoms with Gasteiger partial charge in [-0.1, -0.05) is 0 Å². The summed E-state index contributed by atoms with van der Waals surface area (Å²) < 4.78 is 5.65. The van der Waals surface area contributed by atoms with Crippen molar-refractivity contribution in [2.24, 2.45) is 0 Å². The molecule has 0 fully saturated rings. The van der Waals surface area contributed by atoms with Crippen LogP contribution in [-0.2, 0) is 0 Å². The molecule has 0 unspecified atom stereocenters. The van der Waals surface area contributed by atoms with E-state index in [1.165, 1.54) is 6.07 Å². The maximum Gasteiger partial charge on any atom is 0.276 e. The highest BCUT2D eigenvalue weighted by atomic mass is 16.6. The molecule has 0 aliphatic rings. The van der Waals surface area contributed by atoms with Crippen molar-refractivity contribution in [2.45, 2.75) is 20.8 Å². The van der Waals surface area contributed by atoms with E-state index in [1.54, 1.807) is 25.3 Å². The van der Waals surface area contributed by atoms with E-state index >= 15 is 0 Å². The lowest BCUT2D eigenvalue weighted by atomic mass is 10.1. The van der Waals surface area contributed by atoms with Gasteiger partial charge in [0.2, 0.25) is 11.8 Å². The summed E-state index contributed by atoms with van der Waals surface area (Å²) in [5.74, 6) is 1.20. The van der Waals surface area contributed by atoms with E-state index in [2.05, 4.69) is 15.3 Å². The Kier molecular flexibility index (Phi) is 4.32. The first kappa shape index (κ1) is 14.7. The predicted molar refractivity (Wildman–Crippen MR) is 78.8 cm³/mol. The lowest BCUT2D eigenvalue weighted by molar-refractivity contribution is -0.385. The van der Waals surface area contributed by atoms with Crippen LogP contribution < -0.4 is 10.1 Å². The van der Waals surface area contributed by atoms with Gasteiger partial charge in [-0.15, -0.1) is 0 Å². The van der Waals surface area contributed by atoms with E-state index in [9.17, 15) is 10.1 Å². The first-order valence-corrected chi connectivity index (χ1v) is 6.51. The van der Waals surface area contributed by atoms with Crippen molar-refractivity contribution in [3.8, 4) is 11.6 Å². The van der Waals surface area contributed by atoms with Crippen molar-refractivity contribution in [1.29, 1.82) is 0 Å². The van der Waals surface area contributed by atoms with Gasteiger partial charge in [-0.2, -0.15) is 4.98 Å². The number of nitro benzene ring substituents is 1.